The zero-order chi connectivity index (χ0) is 21.0. The first-order valence-electron chi connectivity index (χ1n) is 12.4. The molecule has 4 aliphatic rings. The standard InChI is InChI=1S/C27H44O2/c1-17(2)7-6-8-18(3)23-16-24(29)25-21-10-9-19-15-20(28)11-13-26(19,4)22(21)12-14-27(23,25)5/h7,9,18,20-25,28-29H,6,8,10-16H2,1-5H3/t18-,20+,21-,22+,23-,24-,25-,26+,27-/m1/s1. The van der Waals surface area contributed by atoms with Gasteiger partial charge in [0.25, 0.3) is 0 Å². The van der Waals surface area contributed by atoms with Gasteiger partial charge in [-0.05, 0) is 112 Å². The minimum absolute atomic E-state index is 0.128. The summed E-state index contributed by atoms with van der Waals surface area (Å²) in [6.07, 6.45) is 14.7. The molecule has 3 fully saturated rings. The van der Waals surface area contributed by atoms with Gasteiger partial charge in [-0.25, -0.2) is 0 Å². The Morgan fingerprint density at radius 1 is 1.21 bits per heavy atom. The van der Waals surface area contributed by atoms with Gasteiger partial charge in [0.15, 0.2) is 0 Å². The van der Waals surface area contributed by atoms with Gasteiger partial charge < -0.3 is 10.2 Å². The molecule has 0 spiro atoms. The molecule has 164 valence electrons. The number of allylic oxidation sites excluding steroid dienone is 3. The van der Waals surface area contributed by atoms with Gasteiger partial charge in [-0.15, -0.1) is 0 Å². The Morgan fingerprint density at radius 2 is 1.97 bits per heavy atom. The van der Waals surface area contributed by atoms with Crippen molar-refractivity contribution in [2.24, 2.45) is 40.4 Å². The number of aliphatic hydroxyl groups excluding tert-OH is 2. The number of fused-ring (bicyclic) bond motifs is 5. The third-order valence-electron chi connectivity index (χ3n) is 9.99. The van der Waals surface area contributed by atoms with Crippen LogP contribution in [0.1, 0.15) is 92.4 Å². The lowest BCUT2D eigenvalue weighted by molar-refractivity contribution is -0.0814. The fourth-order valence-electron chi connectivity index (χ4n) is 8.47. The molecule has 0 aromatic carbocycles. The Bertz CT molecular complexity index is 674. The van der Waals surface area contributed by atoms with Gasteiger partial charge in [0, 0.05) is 0 Å². The Hall–Kier alpha value is -0.600. The summed E-state index contributed by atoms with van der Waals surface area (Å²) in [5, 5.41) is 21.5. The zero-order valence-corrected chi connectivity index (χ0v) is 19.5. The summed E-state index contributed by atoms with van der Waals surface area (Å²) in [4.78, 5) is 0. The molecule has 9 atom stereocenters. The molecule has 0 unspecified atom stereocenters. The molecule has 4 rings (SSSR count). The van der Waals surface area contributed by atoms with Crippen molar-refractivity contribution in [1.29, 1.82) is 0 Å². The number of hydrogen-bond donors (Lipinski definition) is 2. The first-order chi connectivity index (χ1) is 13.7. The second-order valence-corrected chi connectivity index (χ2v) is 11.9. The van der Waals surface area contributed by atoms with E-state index in [1.165, 1.54) is 36.8 Å². The molecule has 2 heteroatoms. The Kier molecular flexibility index (Phi) is 5.84. The van der Waals surface area contributed by atoms with Crippen LogP contribution in [0.25, 0.3) is 0 Å². The first-order valence-corrected chi connectivity index (χ1v) is 12.4. The topological polar surface area (TPSA) is 40.5 Å². The summed E-state index contributed by atoms with van der Waals surface area (Å²) in [6, 6.07) is 0. The van der Waals surface area contributed by atoms with Crippen molar-refractivity contribution >= 4 is 0 Å². The van der Waals surface area contributed by atoms with Crippen molar-refractivity contribution < 1.29 is 10.2 Å². The summed E-state index contributed by atoms with van der Waals surface area (Å²) >= 11 is 0. The molecule has 3 saturated carbocycles. The predicted molar refractivity (Wildman–Crippen MR) is 120 cm³/mol. The van der Waals surface area contributed by atoms with E-state index in [2.05, 4.69) is 46.8 Å². The van der Waals surface area contributed by atoms with E-state index < -0.39 is 0 Å². The van der Waals surface area contributed by atoms with Crippen LogP contribution in [-0.4, -0.2) is 22.4 Å². The average Bonchev–Trinajstić information content (AvgIpc) is 2.93. The van der Waals surface area contributed by atoms with Gasteiger partial charge in [0.05, 0.1) is 12.2 Å². The highest BCUT2D eigenvalue weighted by Gasteiger charge is 2.61. The first kappa shape index (κ1) is 21.6. The summed E-state index contributed by atoms with van der Waals surface area (Å²) in [7, 11) is 0. The molecule has 0 aromatic heterocycles. The van der Waals surface area contributed by atoms with Crippen LogP contribution in [0.15, 0.2) is 23.3 Å². The van der Waals surface area contributed by atoms with Crippen LogP contribution in [0.5, 0.6) is 0 Å². The Morgan fingerprint density at radius 3 is 2.69 bits per heavy atom. The van der Waals surface area contributed by atoms with Crippen molar-refractivity contribution in [2.45, 2.75) is 105 Å². The Balaban J connectivity index is 1.56. The van der Waals surface area contributed by atoms with E-state index in [0.29, 0.717) is 35.0 Å². The van der Waals surface area contributed by atoms with Crippen LogP contribution in [0.3, 0.4) is 0 Å². The lowest BCUT2D eigenvalue weighted by Gasteiger charge is -2.58. The number of rotatable bonds is 4. The van der Waals surface area contributed by atoms with Gasteiger partial charge in [-0.1, -0.05) is 44.1 Å². The molecular formula is C27H44O2. The SMILES string of the molecule is CC(C)=CCC[C@@H](C)[C@H]1C[C@@H](O)[C@H]2[C@@H]3CC=C4C[C@@H](O)CC[C@]4(C)[C@H]3CC[C@@]21C. The average molecular weight is 401 g/mol. The molecule has 0 radical (unpaired) electrons. The normalized spacial score (nSPS) is 47.5. The minimum atomic E-state index is -0.136. The van der Waals surface area contributed by atoms with Crippen molar-refractivity contribution in [3.05, 3.63) is 23.3 Å². The lowest BCUT2D eigenvalue weighted by Crippen LogP contribution is -2.52. The van der Waals surface area contributed by atoms with Crippen LogP contribution >= 0.6 is 0 Å². The van der Waals surface area contributed by atoms with E-state index in [1.54, 1.807) is 0 Å². The summed E-state index contributed by atoms with van der Waals surface area (Å²) in [6.45, 7) is 11.8. The van der Waals surface area contributed by atoms with E-state index in [1.807, 2.05) is 0 Å². The monoisotopic (exact) mass is 400 g/mol. The zero-order valence-electron chi connectivity index (χ0n) is 19.5. The van der Waals surface area contributed by atoms with Crippen molar-refractivity contribution in [2.75, 3.05) is 0 Å². The molecule has 0 aliphatic heterocycles. The van der Waals surface area contributed by atoms with E-state index in [9.17, 15) is 10.2 Å². The minimum Gasteiger partial charge on any atom is -0.393 e. The van der Waals surface area contributed by atoms with Gasteiger partial charge in [-0.3, -0.25) is 0 Å². The second-order valence-electron chi connectivity index (χ2n) is 11.9. The van der Waals surface area contributed by atoms with E-state index >= 15 is 0 Å². The van der Waals surface area contributed by atoms with Crippen LogP contribution in [0.4, 0.5) is 0 Å². The van der Waals surface area contributed by atoms with Crippen molar-refractivity contribution in [3.8, 4) is 0 Å². The molecule has 0 bridgehead atoms. The maximum absolute atomic E-state index is 11.3. The molecule has 4 aliphatic carbocycles. The third-order valence-corrected chi connectivity index (χ3v) is 9.99. The predicted octanol–water partition coefficient (Wildman–Crippen LogP) is 6.28. The van der Waals surface area contributed by atoms with E-state index in [4.69, 9.17) is 0 Å². The number of aliphatic hydroxyl groups is 2. The number of hydrogen-bond acceptors (Lipinski definition) is 2. The molecular weight excluding hydrogens is 356 g/mol. The van der Waals surface area contributed by atoms with E-state index in [0.717, 1.165) is 32.1 Å². The molecule has 0 saturated heterocycles. The maximum Gasteiger partial charge on any atom is 0.0579 e. The molecule has 0 aromatic rings. The van der Waals surface area contributed by atoms with Gasteiger partial charge in [0.2, 0.25) is 0 Å². The largest absolute Gasteiger partial charge is 0.393 e. The van der Waals surface area contributed by atoms with Crippen molar-refractivity contribution in [1.82, 2.24) is 0 Å². The highest BCUT2D eigenvalue weighted by Crippen LogP contribution is 2.67. The Labute approximate surface area is 178 Å². The van der Waals surface area contributed by atoms with Gasteiger partial charge in [0.1, 0.15) is 0 Å². The van der Waals surface area contributed by atoms with Crippen LogP contribution < -0.4 is 0 Å². The molecule has 2 nitrogen and oxygen atoms in total. The maximum atomic E-state index is 11.3. The quantitative estimate of drug-likeness (QED) is 0.545. The second kappa shape index (κ2) is 7.83. The molecule has 29 heavy (non-hydrogen) atoms. The molecule has 2 N–H and O–H groups in total. The van der Waals surface area contributed by atoms with Gasteiger partial charge in [-0.2, -0.15) is 0 Å². The van der Waals surface area contributed by atoms with E-state index in [-0.39, 0.29) is 17.6 Å². The van der Waals surface area contributed by atoms with Crippen LogP contribution in [0.2, 0.25) is 0 Å². The highest BCUT2D eigenvalue weighted by molar-refractivity contribution is 5.26. The van der Waals surface area contributed by atoms with Crippen LogP contribution in [0, 0.1) is 40.4 Å². The van der Waals surface area contributed by atoms with Crippen LogP contribution in [-0.2, 0) is 0 Å². The molecule has 0 heterocycles. The lowest BCUT2D eigenvalue weighted by atomic mass is 9.46. The smallest absolute Gasteiger partial charge is 0.0579 e. The van der Waals surface area contributed by atoms with Gasteiger partial charge >= 0.3 is 0 Å². The summed E-state index contributed by atoms with van der Waals surface area (Å²) in [5.41, 5.74) is 3.50. The summed E-state index contributed by atoms with van der Waals surface area (Å²) < 4.78 is 0. The van der Waals surface area contributed by atoms with Crippen molar-refractivity contribution in [3.63, 3.8) is 0 Å². The highest BCUT2D eigenvalue weighted by atomic mass is 16.3. The fraction of sp³-hybridized carbons (Fsp3) is 0.852. The third kappa shape index (κ3) is 3.57. The summed E-state index contributed by atoms with van der Waals surface area (Å²) in [5.74, 6) is 3.12. The molecule has 0 amide bonds. The fourth-order valence-corrected chi connectivity index (χ4v) is 8.47.